The lowest BCUT2D eigenvalue weighted by Gasteiger charge is -2.23. The fourth-order valence-corrected chi connectivity index (χ4v) is 4.17. The summed E-state index contributed by atoms with van der Waals surface area (Å²) in [7, 11) is -3.52. The fraction of sp³-hybridized carbons (Fsp3) is 0.571. The van der Waals surface area contributed by atoms with Crippen LogP contribution in [-0.4, -0.2) is 27.7 Å². The van der Waals surface area contributed by atoms with Crippen LogP contribution in [0.1, 0.15) is 30.4 Å². The molecule has 6 heteroatoms. The van der Waals surface area contributed by atoms with Gasteiger partial charge in [0.1, 0.15) is 0 Å². The molecule has 0 amide bonds. The quantitative estimate of drug-likeness (QED) is 0.830. The van der Waals surface area contributed by atoms with Crippen LogP contribution in [0.5, 0.6) is 0 Å². The normalized spacial score (nSPS) is 20.0. The molecule has 1 aliphatic rings. The number of sulfonamides is 1. The van der Waals surface area contributed by atoms with Gasteiger partial charge in [0, 0.05) is 18.8 Å². The minimum absolute atomic E-state index is 0.0204. The van der Waals surface area contributed by atoms with Gasteiger partial charge in [0.25, 0.3) is 0 Å². The lowest BCUT2D eigenvalue weighted by molar-refractivity contribution is 0.0200. The van der Waals surface area contributed by atoms with Crippen molar-refractivity contribution in [2.24, 2.45) is 0 Å². The number of benzene rings is 1. The standard InChI is InChI=1S/C14H22N2O3S/c1-10-7-12(15)8-11(2)14(10)20(17,18)16-9-13-5-3-4-6-19-13/h7-8,13,16H,3-6,9,15H2,1-2H3. The summed E-state index contributed by atoms with van der Waals surface area (Å²) in [6.45, 7) is 4.56. The van der Waals surface area contributed by atoms with E-state index in [2.05, 4.69) is 4.72 Å². The predicted octanol–water partition coefficient (Wildman–Crippen LogP) is 1.73. The van der Waals surface area contributed by atoms with Crippen LogP contribution in [0, 0.1) is 13.8 Å². The third kappa shape index (κ3) is 3.50. The van der Waals surface area contributed by atoms with Crippen LogP contribution in [0.4, 0.5) is 5.69 Å². The molecule has 1 saturated heterocycles. The van der Waals surface area contributed by atoms with E-state index < -0.39 is 10.0 Å². The summed E-state index contributed by atoms with van der Waals surface area (Å²) in [4.78, 5) is 0.322. The summed E-state index contributed by atoms with van der Waals surface area (Å²) >= 11 is 0. The van der Waals surface area contributed by atoms with Crippen molar-refractivity contribution in [3.8, 4) is 0 Å². The van der Waals surface area contributed by atoms with Gasteiger partial charge in [0.2, 0.25) is 10.0 Å². The van der Waals surface area contributed by atoms with E-state index >= 15 is 0 Å². The van der Waals surface area contributed by atoms with Gasteiger partial charge >= 0.3 is 0 Å². The molecule has 5 nitrogen and oxygen atoms in total. The summed E-state index contributed by atoms with van der Waals surface area (Å²) in [6.07, 6.45) is 3.03. The Kier molecular flexibility index (Phi) is 4.67. The van der Waals surface area contributed by atoms with E-state index in [1.165, 1.54) is 0 Å². The second kappa shape index (κ2) is 6.11. The number of hydrogen-bond acceptors (Lipinski definition) is 4. The number of ether oxygens (including phenoxy) is 1. The van der Waals surface area contributed by atoms with Gasteiger partial charge in [-0.05, 0) is 56.4 Å². The molecule has 3 N–H and O–H groups in total. The molecule has 0 aromatic heterocycles. The van der Waals surface area contributed by atoms with Gasteiger partial charge in [-0.15, -0.1) is 0 Å². The smallest absolute Gasteiger partial charge is 0.241 e. The lowest BCUT2D eigenvalue weighted by Crippen LogP contribution is -2.36. The summed E-state index contributed by atoms with van der Waals surface area (Å²) in [5.41, 5.74) is 7.64. The Hall–Kier alpha value is -1.11. The topological polar surface area (TPSA) is 81.4 Å². The maximum atomic E-state index is 12.4. The van der Waals surface area contributed by atoms with E-state index in [1.807, 2.05) is 0 Å². The highest BCUT2D eigenvalue weighted by molar-refractivity contribution is 7.89. The predicted molar refractivity (Wildman–Crippen MR) is 79.1 cm³/mol. The SMILES string of the molecule is Cc1cc(N)cc(C)c1S(=O)(=O)NCC1CCCCO1. The molecule has 1 fully saturated rings. The lowest BCUT2D eigenvalue weighted by atomic mass is 10.1. The summed E-state index contributed by atoms with van der Waals surface area (Å²) < 4.78 is 33.0. The van der Waals surface area contributed by atoms with Gasteiger partial charge in [-0.1, -0.05) is 0 Å². The molecule has 112 valence electrons. The van der Waals surface area contributed by atoms with Gasteiger partial charge in [0.05, 0.1) is 11.0 Å². The van der Waals surface area contributed by atoms with Gasteiger partial charge < -0.3 is 10.5 Å². The second-order valence-corrected chi connectivity index (χ2v) is 7.03. The number of hydrogen-bond donors (Lipinski definition) is 2. The molecule has 0 spiro atoms. The first kappa shape index (κ1) is 15.3. The van der Waals surface area contributed by atoms with Crippen molar-refractivity contribution >= 4 is 15.7 Å². The van der Waals surface area contributed by atoms with E-state index in [1.54, 1.807) is 26.0 Å². The van der Waals surface area contributed by atoms with Gasteiger partial charge in [-0.3, -0.25) is 0 Å². The Morgan fingerprint density at radius 2 is 1.95 bits per heavy atom. The van der Waals surface area contributed by atoms with Crippen LogP contribution in [-0.2, 0) is 14.8 Å². The maximum Gasteiger partial charge on any atom is 0.241 e. The molecular formula is C14H22N2O3S. The molecule has 0 saturated carbocycles. The third-order valence-corrected chi connectivity index (χ3v) is 5.25. The minimum Gasteiger partial charge on any atom is -0.399 e. The molecule has 1 aromatic rings. The van der Waals surface area contributed by atoms with Crippen LogP contribution in [0.2, 0.25) is 0 Å². The van der Waals surface area contributed by atoms with Gasteiger partial charge in [-0.25, -0.2) is 13.1 Å². The average molecular weight is 298 g/mol. The zero-order valence-electron chi connectivity index (χ0n) is 12.0. The zero-order valence-corrected chi connectivity index (χ0v) is 12.8. The van der Waals surface area contributed by atoms with E-state index in [0.717, 1.165) is 19.3 Å². The molecule has 1 unspecified atom stereocenters. The number of anilines is 1. The summed E-state index contributed by atoms with van der Waals surface area (Å²) in [5, 5.41) is 0. The number of aryl methyl sites for hydroxylation is 2. The minimum atomic E-state index is -3.52. The summed E-state index contributed by atoms with van der Waals surface area (Å²) in [5.74, 6) is 0. The van der Waals surface area contributed by atoms with Crippen molar-refractivity contribution in [1.29, 1.82) is 0 Å². The molecule has 20 heavy (non-hydrogen) atoms. The average Bonchev–Trinajstić information content (AvgIpc) is 2.36. The second-order valence-electron chi connectivity index (χ2n) is 5.32. The highest BCUT2D eigenvalue weighted by Crippen LogP contribution is 2.23. The third-order valence-electron chi connectivity index (χ3n) is 3.53. The fourth-order valence-electron chi connectivity index (χ4n) is 2.65. The molecule has 1 aliphatic heterocycles. The molecule has 1 heterocycles. The first-order chi connectivity index (χ1) is 9.40. The van der Waals surface area contributed by atoms with Crippen LogP contribution < -0.4 is 10.5 Å². The number of rotatable bonds is 4. The molecule has 1 aromatic carbocycles. The maximum absolute atomic E-state index is 12.4. The molecule has 2 rings (SSSR count). The highest BCUT2D eigenvalue weighted by atomic mass is 32.2. The number of nitrogens with two attached hydrogens (primary N) is 1. The van der Waals surface area contributed by atoms with Gasteiger partial charge in [-0.2, -0.15) is 0 Å². The molecule has 1 atom stereocenters. The Morgan fingerprint density at radius 3 is 2.50 bits per heavy atom. The van der Waals surface area contributed by atoms with Crippen molar-refractivity contribution < 1.29 is 13.2 Å². The van der Waals surface area contributed by atoms with E-state index in [0.29, 0.717) is 34.9 Å². The van der Waals surface area contributed by atoms with Crippen molar-refractivity contribution in [2.75, 3.05) is 18.9 Å². The monoisotopic (exact) mass is 298 g/mol. The van der Waals surface area contributed by atoms with Crippen molar-refractivity contribution in [1.82, 2.24) is 4.72 Å². The van der Waals surface area contributed by atoms with E-state index in [9.17, 15) is 8.42 Å². The van der Waals surface area contributed by atoms with Crippen LogP contribution in [0.15, 0.2) is 17.0 Å². The zero-order chi connectivity index (χ0) is 14.8. The molecular weight excluding hydrogens is 276 g/mol. The molecule has 0 radical (unpaired) electrons. The van der Waals surface area contributed by atoms with E-state index in [4.69, 9.17) is 10.5 Å². The first-order valence-corrected chi connectivity index (χ1v) is 8.36. The largest absolute Gasteiger partial charge is 0.399 e. The van der Waals surface area contributed by atoms with E-state index in [-0.39, 0.29) is 6.10 Å². The number of nitrogen functional groups attached to an aromatic ring is 1. The van der Waals surface area contributed by atoms with Crippen LogP contribution in [0.3, 0.4) is 0 Å². The highest BCUT2D eigenvalue weighted by Gasteiger charge is 2.22. The van der Waals surface area contributed by atoms with Crippen LogP contribution >= 0.6 is 0 Å². The van der Waals surface area contributed by atoms with Crippen LogP contribution in [0.25, 0.3) is 0 Å². The Balaban J connectivity index is 2.14. The molecule has 0 aliphatic carbocycles. The number of nitrogens with one attached hydrogen (secondary N) is 1. The van der Waals surface area contributed by atoms with Crippen molar-refractivity contribution in [2.45, 2.75) is 44.1 Å². The first-order valence-electron chi connectivity index (χ1n) is 6.88. The Labute approximate surface area is 120 Å². The Morgan fingerprint density at radius 1 is 1.30 bits per heavy atom. The van der Waals surface area contributed by atoms with Crippen molar-refractivity contribution in [3.05, 3.63) is 23.3 Å². The summed E-state index contributed by atoms with van der Waals surface area (Å²) in [6, 6.07) is 3.36. The van der Waals surface area contributed by atoms with Gasteiger partial charge in [0.15, 0.2) is 0 Å². The Bertz CT molecular complexity index is 555. The molecule has 0 bridgehead atoms. The van der Waals surface area contributed by atoms with Crippen molar-refractivity contribution in [3.63, 3.8) is 0 Å².